The van der Waals surface area contributed by atoms with Crippen LogP contribution in [0.5, 0.6) is 5.75 Å². The number of esters is 1. The Kier molecular flexibility index (Phi) is 7.95. The summed E-state index contributed by atoms with van der Waals surface area (Å²) in [4.78, 5) is 31.1. The van der Waals surface area contributed by atoms with E-state index >= 15 is 0 Å². The maximum absolute atomic E-state index is 12.9. The molecular formula is C26H20BrClN2O4S. The normalized spacial score (nSPS) is 15.7. The summed E-state index contributed by atoms with van der Waals surface area (Å²) in [5, 5.41) is 1.20. The van der Waals surface area contributed by atoms with Crippen molar-refractivity contribution in [2.75, 3.05) is 14.2 Å². The molecule has 1 fully saturated rings. The predicted molar refractivity (Wildman–Crippen MR) is 143 cm³/mol. The lowest BCUT2D eigenvalue weighted by molar-refractivity contribution is -0.121. The first-order valence-electron chi connectivity index (χ1n) is 10.5. The molecular weight excluding hydrogens is 552 g/mol. The van der Waals surface area contributed by atoms with Gasteiger partial charge in [-0.1, -0.05) is 39.7 Å². The van der Waals surface area contributed by atoms with E-state index < -0.39 is 5.97 Å². The number of carbonyl (C=O) groups is 2. The van der Waals surface area contributed by atoms with Gasteiger partial charge >= 0.3 is 5.97 Å². The number of benzene rings is 3. The molecule has 1 heterocycles. The van der Waals surface area contributed by atoms with E-state index in [2.05, 4.69) is 20.9 Å². The summed E-state index contributed by atoms with van der Waals surface area (Å²) >= 11 is 10.7. The lowest BCUT2D eigenvalue weighted by Crippen LogP contribution is -2.23. The maximum Gasteiger partial charge on any atom is 0.337 e. The molecule has 0 N–H and O–H groups in total. The van der Waals surface area contributed by atoms with Gasteiger partial charge in [-0.25, -0.2) is 9.79 Å². The summed E-state index contributed by atoms with van der Waals surface area (Å²) in [5.41, 5.74) is 2.80. The van der Waals surface area contributed by atoms with Gasteiger partial charge < -0.3 is 9.47 Å². The van der Waals surface area contributed by atoms with E-state index in [4.69, 9.17) is 21.1 Å². The number of rotatable bonds is 6. The molecule has 0 unspecified atom stereocenters. The van der Waals surface area contributed by atoms with Crippen LogP contribution in [-0.4, -0.2) is 36.1 Å². The van der Waals surface area contributed by atoms with Gasteiger partial charge in [0.25, 0.3) is 5.91 Å². The number of halogens is 2. The number of likely N-dealkylation sites (N-methyl/N-ethyl adjacent to an activating group) is 1. The van der Waals surface area contributed by atoms with Crippen molar-refractivity contribution in [1.82, 2.24) is 4.90 Å². The molecule has 178 valence electrons. The summed E-state index contributed by atoms with van der Waals surface area (Å²) < 4.78 is 11.6. The Balaban J connectivity index is 1.56. The molecule has 1 aliphatic heterocycles. The third kappa shape index (κ3) is 6.14. The number of aliphatic imine (C=N–C) groups is 1. The Morgan fingerprint density at radius 3 is 2.51 bits per heavy atom. The topological polar surface area (TPSA) is 68.2 Å². The molecule has 0 atom stereocenters. The summed E-state index contributed by atoms with van der Waals surface area (Å²) in [6, 6.07) is 19.8. The van der Waals surface area contributed by atoms with Crippen LogP contribution in [-0.2, 0) is 16.1 Å². The SMILES string of the molecule is COC(=O)c1ccc(N=C2SC(=Cc3cc(Br)ccc3OCc3ccc(Cl)cc3)C(=O)N2C)cc1. The fraction of sp³-hybridized carbons (Fsp3) is 0.115. The monoisotopic (exact) mass is 570 g/mol. The lowest BCUT2D eigenvalue weighted by atomic mass is 10.1. The van der Waals surface area contributed by atoms with Gasteiger partial charge in [0.2, 0.25) is 0 Å². The van der Waals surface area contributed by atoms with E-state index in [-0.39, 0.29) is 5.91 Å². The second kappa shape index (κ2) is 11.1. The van der Waals surface area contributed by atoms with E-state index in [1.165, 1.54) is 23.8 Å². The van der Waals surface area contributed by atoms with Gasteiger partial charge in [0.15, 0.2) is 5.17 Å². The van der Waals surface area contributed by atoms with Crippen LogP contribution in [0.3, 0.4) is 0 Å². The number of hydrogen-bond acceptors (Lipinski definition) is 6. The van der Waals surface area contributed by atoms with Crippen LogP contribution in [0.4, 0.5) is 5.69 Å². The summed E-state index contributed by atoms with van der Waals surface area (Å²) in [6.07, 6.45) is 1.80. The van der Waals surface area contributed by atoms with Crippen molar-refractivity contribution in [3.8, 4) is 5.75 Å². The van der Waals surface area contributed by atoms with Crippen molar-refractivity contribution < 1.29 is 19.1 Å². The van der Waals surface area contributed by atoms with E-state index in [9.17, 15) is 9.59 Å². The van der Waals surface area contributed by atoms with Crippen molar-refractivity contribution in [1.29, 1.82) is 0 Å². The second-order valence-corrected chi connectivity index (χ2v) is 9.87. The first kappa shape index (κ1) is 25.0. The Bertz CT molecular complexity index is 1320. The number of amidine groups is 1. The highest BCUT2D eigenvalue weighted by Gasteiger charge is 2.30. The highest BCUT2D eigenvalue weighted by molar-refractivity contribution is 9.10. The van der Waals surface area contributed by atoms with Gasteiger partial charge in [-0.3, -0.25) is 9.69 Å². The Hall–Kier alpha value is -3.07. The first-order valence-corrected chi connectivity index (χ1v) is 12.4. The van der Waals surface area contributed by atoms with Gasteiger partial charge in [0, 0.05) is 22.1 Å². The highest BCUT2D eigenvalue weighted by atomic mass is 79.9. The average molecular weight is 572 g/mol. The summed E-state index contributed by atoms with van der Waals surface area (Å²) in [5.74, 6) is 0.0686. The summed E-state index contributed by atoms with van der Waals surface area (Å²) in [7, 11) is 3.01. The van der Waals surface area contributed by atoms with E-state index in [0.29, 0.717) is 38.7 Å². The average Bonchev–Trinajstić information content (AvgIpc) is 3.12. The number of methoxy groups -OCH3 is 1. The van der Waals surface area contributed by atoms with Crippen LogP contribution in [0, 0.1) is 0 Å². The number of hydrogen-bond donors (Lipinski definition) is 0. The quantitative estimate of drug-likeness (QED) is 0.243. The van der Waals surface area contributed by atoms with Crippen molar-refractivity contribution in [3.63, 3.8) is 0 Å². The zero-order valence-electron chi connectivity index (χ0n) is 18.8. The van der Waals surface area contributed by atoms with E-state index in [1.807, 2.05) is 42.5 Å². The standard InChI is InChI=1S/C26H20BrClN2O4S/c1-30-24(31)23(35-26(30)29-21-10-5-17(6-11-21)25(32)33-2)14-18-13-19(27)7-12-22(18)34-15-16-3-8-20(28)9-4-16/h3-14H,15H2,1-2H3. The predicted octanol–water partition coefficient (Wildman–Crippen LogP) is 6.70. The third-order valence-corrected chi connectivity index (χ3v) is 6.89. The van der Waals surface area contributed by atoms with Crippen LogP contribution < -0.4 is 4.74 Å². The molecule has 0 aromatic heterocycles. The molecule has 6 nitrogen and oxygen atoms in total. The third-order valence-electron chi connectivity index (χ3n) is 5.08. The molecule has 0 aliphatic carbocycles. The van der Waals surface area contributed by atoms with Crippen molar-refractivity contribution >= 4 is 68.1 Å². The summed E-state index contributed by atoms with van der Waals surface area (Å²) in [6.45, 7) is 0.365. The molecule has 35 heavy (non-hydrogen) atoms. The lowest BCUT2D eigenvalue weighted by Gasteiger charge is -2.10. The van der Waals surface area contributed by atoms with E-state index in [1.54, 1.807) is 37.4 Å². The minimum Gasteiger partial charge on any atom is -0.488 e. The Morgan fingerprint density at radius 1 is 1.11 bits per heavy atom. The van der Waals surface area contributed by atoms with E-state index in [0.717, 1.165) is 15.6 Å². The molecule has 1 aliphatic rings. The van der Waals surface area contributed by atoms with Crippen LogP contribution >= 0.6 is 39.3 Å². The van der Waals surface area contributed by atoms with Gasteiger partial charge in [0.1, 0.15) is 12.4 Å². The second-order valence-electron chi connectivity index (χ2n) is 7.50. The molecule has 0 saturated carbocycles. The zero-order chi connectivity index (χ0) is 24.9. The highest BCUT2D eigenvalue weighted by Crippen LogP contribution is 2.35. The van der Waals surface area contributed by atoms with Crippen LogP contribution in [0.2, 0.25) is 5.02 Å². The Labute approximate surface area is 220 Å². The van der Waals surface area contributed by atoms with Crippen molar-refractivity contribution in [2.45, 2.75) is 6.61 Å². The molecule has 0 radical (unpaired) electrons. The van der Waals surface area contributed by atoms with Gasteiger partial charge in [0.05, 0.1) is 23.3 Å². The molecule has 3 aromatic carbocycles. The number of thioether (sulfide) groups is 1. The van der Waals surface area contributed by atoms with Crippen LogP contribution in [0.25, 0.3) is 6.08 Å². The molecule has 1 saturated heterocycles. The molecule has 4 rings (SSSR count). The fourth-order valence-corrected chi connectivity index (χ4v) is 4.68. The smallest absolute Gasteiger partial charge is 0.337 e. The molecule has 1 amide bonds. The minimum atomic E-state index is -0.417. The molecule has 3 aromatic rings. The number of ether oxygens (including phenoxy) is 2. The van der Waals surface area contributed by atoms with Gasteiger partial charge in [-0.15, -0.1) is 0 Å². The largest absolute Gasteiger partial charge is 0.488 e. The minimum absolute atomic E-state index is 0.163. The molecule has 9 heteroatoms. The molecule has 0 bridgehead atoms. The van der Waals surface area contributed by atoms with Crippen molar-refractivity contribution in [3.05, 3.63) is 97.8 Å². The van der Waals surface area contributed by atoms with Crippen molar-refractivity contribution in [2.24, 2.45) is 4.99 Å². The van der Waals surface area contributed by atoms with Gasteiger partial charge in [-0.2, -0.15) is 0 Å². The van der Waals surface area contributed by atoms with Gasteiger partial charge in [-0.05, 0) is 78.0 Å². The van der Waals surface area contributed by atoms with Crippen LogP contribution in [0.1, 0.15) is 21.5 Å². The number of carbonyl (C=O) groups excluding carboxylic acids is 2. The number of nitrogens with zero attached hydrogens (tertiary/aromatic N) is 2. The molecule has 0 spiro atoms. The fourth-order valence-electron chi connectivity index (χ4n) is 3.20. The Morgan fingerprint density at radius 2 is 1.83 bits per heavy atom. The first-order chi connectivity index (χ1) is 16.8. The number of amides is 1. The maximum atomic E-state index is 12.9. The van der Waals surface area contributed by atoms with Crippen LogP contribution in [0.15, 0.2) is 81.1 Å². The zero-order valence-corrected chi connectivity index (χ0v) is 22.0.